The second-order valence-electron chi connectivity index (χ2n) is 4.12. The van der Waals surface area contributed by atoms with E-state index in [1.54, 1.807) is 36.4 Å². The van der Waals surface area contributed by atoms with Crippen LogP contribution in [0.4, 0.5) is 4.79 Å². The lowest BCUT2D eigenvalue weighted by Crippen LogP contribution is -2.18. The lowest BCUT2D eigenvalue weighted by molar-refractivity contribution is 0.256. The van der Waals surface area contributed by atoms with E-state index in [-0.39, 0.29) is 9.79 Å². The molecule has 0 spiro atoms. The highest BCUT2D eigenvalue weighted by atomic mass is 32.2. The first-order chi connectivity index (χ1) is 10.9. The summed E-state index contributed by atoms with van der Waals surface area (Å²) in [5.74, 6) is 0. The molecule has 11 heteroatoms. The van der Waals surface area contributed by atoms with Gasteiger partial charge in [0.1, 0.15) is 0 Å². The normalized spacial score (nSPS) is 10.4. The zero-order chi connectivity index (χ0) is 18.8. The minimum Gasteiger partial charge on any atom is -0.352 e. The number of primary sulfonamides is 2. The van der Waals surface area contributed by atoms with E-state index in [9.17, 15) is 16.8 Å². The third kappa shape index (κ3) is 10.3. The van der Waals surface area contributed by atoms with Gasteiger partial charge < -0.3 is 11.5 Å². The standard InChI is InChI=1S/2C6H7NO2S.CH4N2O/c2*7-10(8,9)6-4-2-1-3-5-6;2-1(3)4/h2*1-5H,(H2,7,8,9);(H4,2,3,4). The molecule has 0 unspecified atom stereocenters. The van der Waals surface area contributed by atoms with Gasteiger partial charge in [-0.2, -0.15) is 0 Å². The van der Waals surface area contributed by atoms with Crippen LogP contribution in [0.25, 0.3) is 0 Å². The highest BCUT2D eigenvalue weighted by Gasteiger charge is 2.04. The lowest BCUT2D eigenvalue weighted by atomic mass is 10.4. The first-order valence-electron chi connectivity index (χ1n) is 6.15. The van der Waals surface area contributed by atoms with Gasteiger partial charge in [0.05, 0.1) is 9.79 Å². The molecule has 0 fully saturated rings. The van der Waals surface area contributed by atoms with Crippen LogP contribution in [0.3, 0.4) is 0 Å². The van der Waals surface area contributed by atoms with Gasteiger partial charge in [0, 0.05) is 0 Å². The molecule has 132 valence electrons. The van der Waals surface area contributed by atoms with Gasteiger partial charge in [0.25, 0.3) is 0 Å². The molecular weight excluding hydrogens is 356 g/mol. The number of benzene rings is 2. The molecule has 24 heavy (non-hydrogen) atoms. The Balaban J connectivity index is 0.000000363. The van der Waals surface area contributed by atoms with Crippen LogP contribution in [0.1, 0.15) is 0 Å². The third-order valence-electron chi connectivity index (χ3n) is 2.14. The van der Waals surface area contributed by atoms with Gasteiger partial charge in [-0.1, -0.05) is 36.4 Å². The zero-order valence-electron chi connectivity index (χ0n) is 12.4. The fraction of sp³-hybridized carbons (Fsp3) is 0. The molecule has 2 amide bonds. The molecule has 0 saturated carbocycles. The maximum absolute atomic E-state index is 10.6. The molecule has 0 bridgehead atoms. The van der Waals surface area contributed by atoms with Crippen molar-refractivity contribution in [3.63, 3.8) is 0 Å². The number of hydrogen-bond donors (Lipinski definition) is 4. The first-order valence-corrected chi connectivity index (χ1v) is 9.24. The van der Waals surface area contributed by atoms with E-state index in [0.717, 1.165) is 0 Å². The molecule has 2 aromatic carbocycles. The predicted octanol–water partition coefficient (Wildman–Crippen LogP) is -0.308. The van der Waals surface area contributed by atoms with Crippen molar-refractivity contribution in [3.8, 4) is 0 Å². The smallest absolute Gasteiger partial charge is 0.309 e. The quantitative estimate of drug-likeness (QED) is 0.559. The monoisotopic (exact) mass is 374 g/mol. The summed E-state index contributed by atoms with van der Waals surface area (Å²) in [6.07, 6.45) is 0. The first kappa shape index (κ1) is 21.5. The van der Waals surface area contributed by atoms with Crippen LogP contribution in [0.2, 0.25) is 0 Å². The van der Waals surface area contributed by atoms with E-state index in [1.807, 2.05) is 0 Å². The largest absolute Gasteiger partial charge is 0.352 e. The maximum Gasteiger partial charge on any atom is 0.309 e. The van der Waals surface area contributed by atoms with Gasteiger partial charge in [0.2, 0.25) is 20.0 Å². The summed E-state index contributed by atoms with van der Waals surface area (Å²) in [6, 6.07) is 14.9. The Morgan fingerprint density at radius 1 is 0.625 bits per heavy atom. The Morgan fingerprint density at radius 2 is 0.833 bits per heavy atom. The number of carbonyl (C=O) groups excluding carboxylic acids is 1. The van der Waals surface area contributed by atoms with Crippen molar-refractivity contribution in [3.05, 3.63) is 60.7 Å². The van der Waals surface area contributed by atoms with Gasteiger partial charge in [-0.3, -0.25) is 0 Å². The van der Waals surface area contributed by atoms with E-state index in [4.69, 9.17) is 15.1 Å². The maximum atomic E-state index is 10.6. The molecule has 0 aliphatic carbocycles. The fourth-order valence-corrected chi connectivity index (χ4v) is 2.29. The predicted molar refractivity (Wildman–Crippen MR) is 89.4 cm³/mol. The van der Waals surface area contributed by atoms with Gasteiger partial charge in [-0.25, -0.2) is 31.9 Å². The topological polar surface area (TPSA) is 189 Å². The fourth-order valence-electron chi connectivity index (χ4n) is 1.22. The highest BCUT2D eigenvalue weighted by Crippen LogP contribution is 2.03. The zero-order valence-corrected chi connectivity index (χ0v) is 14.1. The summed E-state index contributed by atoms with van der Waals surface area (Å²) < 4.78 is 42.4. The van der Waals surface area contributed by atoms with E-state index < -0.39 is 26.1 Å². The summed E-state index contributed by atoms with van der Waals surface area (Å²) in [6.45, 7) is 0. The second kappa shape index (κ2) is 9.62. The van der Waals surface area contributed by atoms with Crippen molar-refractivity contribution in [1.29, 1.82) is 0 Å². The van der Waals surface area contributed by atoms with Crippen LogP contribution in [0.5, 0.6) is 0 Å². The number of urea groups is 1. The molecule has 0 aliphatic heterocycles. The molecule has 0 aromatic heterocycles. The number of nitrogens with two attached hydrogens (primary N) is 4. The molecule has 2 aromatic rings. The Hall–Kier alpha value is -2.47. The molecule has 2 rings (SSSR count). The summed E-state index contributed by atoms with van der Waals surface area (Å²) in [4.78, 5) is 9.30. The van der Waals surface area contributed by atoms with Crippen LogP contribution in [-0.2, 0) is 20.0 Å². The minimum absolute atomic E-state index is 0.148. The van der Waals surface area contributed by atoms with Crippen molar-refractivity contribution in [2.24, 2.45) is 21.7 Å². The molecule has 0 heterocycles. The van der Waals surface area contributed by atoms with Crippen molar-refractivity contribution < 1.29 is 21.6 Å². The van der Waals surface area contributed by atoms with Gasteiger partial charge >= 0.3 is 6.03 Å². The number of hydrogen-bond acceptors (Lipinski definition) is 5. The SMILES string of the molecule is NC(N)=O.NS(=O)(=O)c1ccccc1.NS(=O)(=O)c1ccccc1. The average molecular weight is 374 g/mol. The van der Waals surface area contributed by atoms with E-state index in [2.05, 4.69) is 11.5 Å². The number of primary amides is 2. The van der Waals surface area contributed by atoms with Gasteiger partial charge in [-0.15, -0.1) is 0 Å². The molecular formula is C13H18N4O5S2. The van der Waals surface area contributed by atoms with Gasteiger partial charge in [0.15, 0.2) is 0 Å². The van der Waals surface area contributed by atoms with Crippen molar-refractivity contribution in [1.82, 2.24) is 0 Å². The van der Waals surface area contributed by atoms with Crippen LogP contribution in [-0.4, -0.2) is 22.9 Å². The van der Waals surface area contributed by atoms with E-state index >= 15 is 0 Å². The summed E-state index contributed by atoms with van der Waals surface area (Å²) >= 11 is 0. The van der Waals surface area contributed by atoms with Crippen molar-refractivity contribution in [2.75, 3.05) is 0 Å². The van der Waals surface area contributed by atoms with Crippen LogP contribution >= 0.6 is 0 Å². The van der Waals surface area contributed by atoms with Crippen LogP contribution < -0.4 is 21.7 Å². The molecule has 0 atom stereocenters. The van der Waals surface area contributed by atoms with Crippen molar-refractivity contribution in [2.45, 2.75) is 9.79 Å². The van der Waals surface area contributed by atoms with Crippen molar-refractivity contribution >= 4 is 26.1 Å². The third-order valence-corrected chi connectivity index (χ3v) is 4.00. The number of amides is 2. The molecule has 0 aliphatic rings. The van der Waals surface area contributed by atoms with Crippen LogP contribution in [0.15, 0.2) is 70.5 Å². The summed E-state index contributed by atoms with van der Waals surface area (Å²) in [5, 5.41) is 9.66. The molecule has 8 N–H and O–H groups in total. The van der Waals surface area contributed by atoms with E-state index in [1.165, 1.54) is 24.3 Å². The Labute approximate surface area is 140 Å². The minimum atomic E-state index is -3.50. The Bertz CT molecular complexity index is 767. The average Bonchev–Trinajstić information content (AvgIpc) is 2.47. The number of rotatable bonds is 2. The van der Waals surface area contributed by atoms with E-state index in [0.29, 0.717) is 0 Å². The number of sulfonamides is 2. The molecule has 0 saturated heterocycles. The summed E-state index contributed by atoms with van der Waals surface area (Å²) in [5.41, 5.74) is 8.50. The Kier molecular flexibility index (Phi) is 8.63. The second-order valence-corrected chi connectivity index (χ2v) is 7.24. The lowest BCUT2D eigenvalue weighted by Gasteiger charge is -1.93. The molecule has 0 radical (unpaired) electrons. The van der Waals surface area contributed by atoms with Gasteiger partial charge in [-0.05, 0) is 24.3 Å². The summed E-state index contributed by atoms with van der Waals surface area (Å²) in [7, 11) is -7.01. The number of carbonyl (C=O) groups is 1. The highest BCUT2D eigenvalue weighted by molar-refractivity contribution is 7.89. The molecule has 9 nitrogen and oxygen atoms in total. The van der Waals surface area contributed by atoms with Crippen LogP contribution in [0, 0.1) is 0 Å². The Morgan fingerprint density at radius 3 is 0.958 bits per heavy atom.